The fraction of sp³-hybridized carbons (Fsp3) is 0.909. The van der Waals surface area contributed by atoms with Crippen molar-refractivity contribution < 1.29 is 4.79 Å². The van der Waals surface area contributed by atoms with Gasteiger partial charge in [0, 0.05) is 19.0 Å². The number of hydrogen-bond donors (Lipinski definition) is 1. The lowest BCUT2D eigenvalue weighted by molar-refractivity contribution is -0.136. The van der Waals surface area contributed by atoms with Gasteiger partial charge in [0.25, 0.3) is 0 Å². The predicted molar refractivity (Wildman–Crippen MR) is 57.7 cm³/mol. The van der Waals surface area contributed by atoms with Crippen LogP contribution in [0.3, 0.4) is 0 Å². The first kappa shape index (κ1) is 11.5. The summed E-state index contributed by atoms with van der Waals surface area (Å²) in [6.07, 6.45) is 1.10. The van der Waals surface area contributed by atoms with E-state index < -0.39 is 0 Å². The van der Waals surface area contributed by atoms with Crippen LogP contribution in [0.2, 0.25) is 0 Å². The molecule has 2 N–H and O–H groups in total. The van der Waals surface area contributed by atoms with Crippen LogP contribution < -0.4 is 5.73 Å². The van der Waals surface area contributed by atoms with Gasteiger partial charge in [-0.3, -0.25) is 4.79 Å². The van der Waals surface area contributed by atoms with Crippen molar-refractivity contribution in [3.63, 3.8) is 0 Å². The van der Waals surface area contributed by atoms with Crippen molar-refractivity contribution in [2.45, 2.75) is 27.2 Å². The Morgan fingerprint density at radius 1 is 1.57 bits per heavy atom. The molecule has 14 heavy (non-hydrogen) atoms. The molecule has 1 saturated heterocycles. The minimum absolute atomic E-state index is 0.113. The molecule has 0 aliphatic carbocycles. The molecule has 3 nitrogen and oxygen atoms in total. The molecule has 0 radical (unpaired) electrons. The Morgan fingerprint density at radius 2 is 2.21 bits per heavy atom. The summed E-state index contributed by atoms with van der Waals surface area (Å²) in [6.45, 7) is 8.61. The molecular formula is C11H22N2O. The van der Waals surface area contributed by atoms with Gasteiger partial charge in [0.2, 0.25) is 5.91 Å². The predicted octanol–water partition coefficient (Wildman–Crippen LogP) is 1.09. The minimum atomic E-state index is 0.113. The maximum Gasteiger partial charge on any atom is 0.225 e. The Hall–Kier alpha value is -0.570. The van der Waals surface area contributed by atoms with E-state index >= 15 is 0 Å². The molecular weight excluding hydrogens is 176 g/mol. The first-order valence-corrected chi connectivity index (χ1v) is 5.55. The van der Waals surface area contributed by atoms with E-state index in [2.05, 4.69) is 6.92 Å². The molecule has 1 rings (SSSR count). The van der Waals surface area contributed by atoms with Gasteiger partial charge >= 0.3 is 0 Å². The second-order valence-electron chi connectivity index (χ2n) is 4.70. The summed E-state index contributed by atoms with van der Waals surface area (Å²) in [5.41, 5.74) is 5.69. The topological polar surface area (TPSA) is 46.3 Å². The van der Waals surface area contributed by atoms with Gasteiger partial charge in [-0.25, -0.2) is 0 Å². The number of amides is 1. The maximum absolute atomic E-state index is 11.8. The summed E-state index contributed by atoms with van der Waals surface area (Å²) in [5, 5.41) is 0. The highest BCUT2D eigenvalue weighted by Gasteiger charge is 2.28. The van der Waals surface area contributed by atoms with Gasteiger partial charge in [-0.15, -0.1) is 0 Å². The number of nitrogens with two attached hydrogens (primary N) is 1. The molecule has 0 spiro atoms. The van der Waals surface area contributed by atoms with Crippen LogP contribution in [0.5, 0.6) is 0 Å². The SMILES string of the molecule is CC(C)C(=O)N1CCC(C)C(CN)C1. The summed E-state index contributed by atoms with van der Waals surface area (Å²) in [4.78, 5) is 13.7. The Bertz CT molecular complexity index is 203. The van der Waals surface area contributed by atoms with Gasteiger partial charge in [0.15, 0.2) is 0 Å². The van der Waals surface area contributed by atoms with E-state index in [0.717, 1.165) is 19.5 Å². The van der Waals surface area contributed by atoms with E-state index in [-0.39, 0.29) is 11.8 Å². The van der Waals surface area contributed by atoms with Crippen LogP contribution in [-0.2, 0) is 4.79 Å². The van der Waals surface area contributed by atoms with Crippen LogP contribution in [0.4, 0.5) is 0 Å². The monoisotopic (exact) mass is 198 g/mol. The number of carbonyl (C=O) groups is 1. The highest BCUT2D eigenvalue weighted by atomic mass is 16.2. The van der Waals surface area contributed by atoms with E-state index in [1.54, 1.807) is 0 Å². The van der Waals surface area contributed by atoms with Crippen molar-refractivity contribution in [1.82, 2.24) is 4.90 Å². The summed E-state index contributed by atoms with van der Waals surface area (Å²) in [5.74, 6) is 1.54. The molecule has 2 unspecified atom stereocenters. The first-order chi connectivity index (χ1) is 6.56. The maximum atomic E-state index is 11.8. The molecule has 1 heterocycles. The lowest BCUT2D eigenvalue weighted by Gasteiger charge is -2.37. The van der Waals surface area contributed by atoms with Crippen LogP contribution in [-0.4, -0.2) is 30.4 Å². The molecule has 0 aromatic carbocycles. The van der Waals surface area contributed by atoms with Crippen molar-refractivity contribution >= 4 is 5.91 Å². The highest BCUT2D eigenvalue weighted by molar-refractivity contribution is 5.78. The average molecular weight is 198 g/mol. The molecule has 0 saturated carbocycles. The summed E-state index contributed by atoms with van der Waals surface area (Å²) >= 11 is 0. The Morgan fingerprint density at radius 3 is 2.71 bits per heavy atom. The number of likely N-dealkylation sites (tertiary alicyclic amines) is 1. The second kappa shape index (κ2) is 4.78. The van der Waals surface area contributed by atoms with E-state index in [4.69, 9.17) is 5.73 Å². The fourth-order valence-electron chi connectivity index (χ4n) is 2.02. The molecule has 82 valence electrons. The molecule has 1 aliphatic rings. The van der Waals surface area contributed by atoms with Gasteiger partial charge in [0.1, 0.15) is 0 Å². The largest absolute Gasteiger partial charge is 0.342 e. The zero-order chi connectivity index (χ0) is 10.7. The standard InChI is InChI=1S/C11H22N2O/c1-8(2)11(14)13-5-4-9(3)10(6-12)7-13/h8-10H,4-7,12H2,1-3H3. The molecule has 1 amide bonds. The molecule has 0 aromatic rings. The third kappa shape index (κ3) is 2.47. The highest BCUT2D eigenvalue weighted by Crippen LogP contribution is 2.23. The van der Waals surface area contributed by atoms with E-state index in [1.807, 2.05) is 18.7 Å². The van der Waals surface area contributed by atoms with E-state index in [0.29, 0.717) is 18.4 Å². The number of nitrogens with zero attached hydrogens (tertiary/aromatic N) is 1. The average Bonchev–Trinajstić information content (AvgIpc) is 2.17. The lowest BCUT2D eigenvalue weighted by Crippen LogP contribution is -2.46. The van der Waals surface area contributed by atoms with Crippen molar-refractivity contribution in [3.05, 3.63) is 0 Å². The molecule has 1 aliphatic heterocycles. The number of piperidine rings is 1. The summed E-state index contributed by atoms with van der Waals surface area (Å²) in [6, 6.07) is 0. The van der Waals surface area contributed by atoms with Gasteiger partial charge < -0.3 is 10.6 Å². The Kier molecular flexibility index (Phi) is 3.93. The van der Waals surface area contributed by atoms with Gasteiger partial charge in [-0.05, 0) is 24.8 Å². The van der Waals surface area contributed by atoms with Gasteiger partial charge in [-0.1, -0.05) is 20.8 Å². The van der Waals surface area contributed by atoms with Crippen molar-refractivity contribution in [3.8, 4) is 0 Å². The van der Waals surface area contributed by atoms with Crippen LogP contribution in [0.15, 0.2) is 0 Å². The minimum Gasteiger partial charge on any atom is -0.342 e. The van der Waals surface area contributed by atoms with Crippen LogP contribution in [0.1, 0.15) is 27.2 Å². The van der Waals surface area contributed by atoms with Crippen LogP contribution in [0.25, 0.3) is 0 Å². The normalized spacial score (nSPS) is 28.2. The first-order valence-electron chi connectivity index (χ1n) is 5.55. The zero-order valence-corrected chi connectivity index (χ0v) is 9.49. The number of hydrogen-bond acceptors (Lipinski definition) is 2. The second-order valence-corrected chi connectivity index (χ2v) is 4.70. The van der Waals surface area contributed by atoms with Crippen molar-refractivity contribution in [2.75, 3.05) is 19.6 Å². The van der Waals surface area contributed by atoms with Crippen molar-refractivity contribution in [2.24, 2.45) is 23.5 Å². The molecule has 2 atom stereocenters. The zero-order valence-electron chi connectivity index (χ0n) is 9.49. The summed E-state index contributed by atoms with van der Waals surface area (Å²) < 4.78 is 0. The van der Waals surface area contributed by atoms with E-state index in [1.165, 1.54) is 0 Å². The van der Waals surface area contributed by atoms with Crippen LogP contribution in [0, 0.1) is 17.8 Å². The molecule has 3 heteroatoms. The Labute approximate surface area is 86.6 Å². The smallest absolute Gasteiger partial charge is 0.225 e. The number of rotatable bonds is 2. The number of carbonyl (C=O) groups excluding carboxylic acids is 1. The molecule has 0 bridgehead atoms. The molecule has 1 fully saturated rings. The Balaban J connectivity index is 2.54. The van der Waals surface area contributed by atoms with Gasteiger partial charge in [-0.2, -0.15) is 0 Å². The van der Waals surface area contributed by atoms with Crippen LogP contribution >= 0.6 is 0 Å². The molecule has 0 aromatic heterocycles. The van der Waals surface area contributed by atoms with Gasteiger partial charge in [0.05, 0.1) is 0 Å². The third-order valence-corrected chi connectivity index (χ3v) is 3.22. The summed E-state index contributed by atoms with van der Waals surface area (Å²) in [7, 11) is 0. The van der Waals surface area contributed by atoms with E-state index in [9.17, 15) is 4.79 Å². The van der Waals surface area contributed by atoms with Crippen molar-refractivity contribution in [1.29, 1.82) is 0 Å². The third-order valence-electron chi connectivity index (χ3n) is 3.22. The quantitative estimate of drug-likeness (QED) is 0.722. The fourth-order valence-corrected chi connectivity index (χ4v) is 2.02. The lowest BCUT2D eigenvalue weighted by atomic mass is 9.87.